The van der Waals surface area contributed by atoms with Crippen molar-refractivity contribution in [1.82, 2.24) is 4.90 Å². The second-order valence-electron chi connectivity index (χ2n) is 6.05. The van der Waals surface area contributed by atoms with Gasteiger partial charge in [-0.15, -0.1) is 0 Å². The average Bonchev–Trinajstić information content (AvgIpc) is 3.14. The number of benzene rings is 1. The van der Waals surface area contributed by atoms with E-state index in [9.17, 15) is 14.9 Å². The molecule has 146 valence electrons. The van der Waals surface area contributed by atoms with E-state index in [2.05, 4.69) is 0 Å². The van der Waals surface area contributed by atoms with Gasteiger partial charge in [0, 0.05) is 37.4 Å². The Morgan fingerprint density at radius 2 is 2.00 bits per heavy atom. The first kappa shape index (κ1) is 20.9. The summed E-state index contributed by atoms with van der Waals surface area (Å²) in [4.78, 5) is 25.0. The number of nitro groups is 1. The third kappa shape index (κ3) is 4.87. The second kappa shape index (κ2) is 9.53. The maximum Gasteiger partial charge on any atom is 0.289 e. The highest BCUT2D eigenvalue weighted by molar-refractivity contribution is 6.33. The molecule has 0 bridgehead atoms. The predicted molar refractivity (Wildman–Crippen MR) is 103 cm³/mol. The fourth-order valence-corrected chi connectivity index (χ4v) is 3.19. The molecule has 0 saturated heterocycles. The molecule has 2 aromatic rings. The van der Waals surface area contributed by atoms with Crippen molar-refractivity contribution >= 4 is 23.2 Å². The first-order valence-corrected chi connectivity index (χ1v) is 9.14. The van der Waals surface area contributed by atoms with Crippen LogP contribution in [0.1, 0.15) is 37.2 Å². The quantitative estimate of drug-likeness (QED) is 0.451. The number of carbonyl (C=O) groups is 1. The number of carbonyl (C=O) groups excluding carboxylic acids is 1. The lowest BCUT2D eigenvalue weighted by atomic mass is 10.1. The molecule has 1 aromatic heterocycles. The van der Waals surface area contributed by atoms with Crippen molar-refractivity contribution in [3.63, 3.8) is 0 Å². The number of rotatable bonds is 9. The normalized spacial score (nSPS) is 11.0. The van der Waals surface area contributed by atoms with E-state index < -0.39 is 4.92 Å². The predicted octanol–water partition coefficient (Wildman–Crippen LogP) is 4.79. The van der Waals surface area contributed by atoms with E-state index in [0.29, 0.717) is 24.5 Å². The molecule has 0 aliphatic rings. The van der Waals surface area contributed by atoms with Gasteiger partial charge in [-0.25, -0.2) is 0 Å². The minimum absolute atomic E-state index is 0.0872. The molecule has 0 saturated carbocycles. The van der Waals surface area contributed by atoms with Gasteiger partial charge < -0.3 is 14.1 Å². The fraction of sp³-hybridized carbons (Fsp3) is 0.421. The van der Waals surface area contributed by atoms with Gasteiger partial charge in [0.25, 0.3) is 11.6 Å². The molecule has 0 aliphatic heterocycles. The standard InChI is InChI=1S/C19H23ClN2O5/c1-4-13(5-2)21(10-11-26-3)19(23)18-9-8-17(27-18)15-7-6-14(22(24)25)12-16(15)20/h6-9,12-13H,4-5,10-11H2,1-3H3. The van der Waals surface area contributed by atoms with E-state index in [4.69, 9.17) is 20.8 Å². The van der Waals surface area contributed by atoms with Crippen LogP contribution in [0.4, 0.5) is 5.69 Å². The maximum absolute atomic E-state index is 12.9. The third-order valence-electron chi connectivity index (χ3n) is 4.43. The number of amides is 1. The summed E-state index contributed by atoms with van der Waals surface area (Å²) in [5.74, 6) is 0.363. The molecule has 0 atom stereocenters. The van der Waals surface area contributed by atoms with Crippen LogP contribution in [0, 0.1) is 10.1 Å². The van der Waals surface area contributed by atoms with Gasteiger partial charge >= 0.3 is 0 Å². The molecule has 2 rings (SSSR count). The van der Waals surface area contributed by atoms with Gasteiger partial charge in [-0.2, -0.15) is 0 Å². The molecule has 1 heterocycles. The van der Waals surface area contributed by atoms with Gasteiger partial charge in [-0.1, -0.05) is 25.4 Å². The van der Waals surface area contributed by atoms with Crippen molar-refractivity contribution in [2.45, 2.75) is 32.7 Å². The maximum atomic E-state index is 12.9. The Hall–Kier alpha value is -2.38. The van der Waals surface area contributed by atoms with Crippen LogP contribution in [0.25, 0.3) is 11.3 Å². The second-order valence-corrected chi connectivity index (χ2v) is 6.45. The number of halogens is 1. The Labute approximate surface area is 163 Å². The van der Waals surface area contributed by atoms with E-state index in [1.54, 1.807) is 24.1 Å². The largest absolute Gasteiger partial charge is 0.451 e. The van der Waals surface area contributed by atoms with Crippen LogP contribution < -0.4 is 0 Å². The number of ether oxygens (including phenoxy) is 1. The molecule has 0 spiro atoms. The number of nitro benzene ring substituents is 1. The first-order valence-electron chi connectivity index (χ1n) is 8.76. The Morgan fingerprint density at radius 1 is 1.30 bits per heavy atom. The van der Waals surface area contributed by atoms with Crippen LogP contribution in [0.15, 0.2) is 34.7 Å². The van der Waals surface area contributed by atoms with Crippen LogP contribution in [-0.4, -0.2) is 42.0 Å². The lowest BCUT2D eigenvalue weighted by Gasteiger charge is -2.29. The van der Waals surface area contributed by atoms with Crippen LogP contribution in [0.2, 0.25) is 5.02 Å². The van der Waals surface area contributed by atoms with Crippen LogP contribution in [-0.2, 0) is 4.74 Å². The fourth-order valence-electron chi connectivity index (χ4n) is 2.93. The van der Waals surface area contributed by atoms with Gasteiger partial charge in [0.05, 0.1) is 16.6 Å². The summed E-state index contributed by atoms with van der Waals surface area (Å²) in [5.41, 5.74) is 0.387. The number of hydrogen-bond donors (Lipinski definition) is 0. The van der Waals surface area contributed by atoms with Crippen molar-refractivity contribution in [2.75, 3.05) is 20.3 Å². The highest BCUT2D eigenvalue weighted by Gasteiger charge is 2.25. The highest BCUT2D eigenvalue weighted by atomic mass is 35.5. The van der Waals surface area contributed by atoms with E-state index in [-0.39, 0.29) is 28.4 Å². The summed E-state index contributed by atoms with van der Waals surface area (Å²) in [6.07, 6.45) is 1.65. The van der Waals surface area contributed by atoms with Crippen LogP contribution >= 0.6 is 11.6 Å². The smallest absolute Gasteiger partial charge is 0.289 e. The van der Waals surface area contributed by atoms with Crippen molar-refractivity contribution in [1.29, 1.82) is 0 Å². The molecule has 1 amide bonds. The average molecular weight is 395 g/mol. The molecule has 0 unspecified atom stereocenters. The Bertz CT molecular complexity index is 801. The molecular formula is C19H23ClN2O5. The first-order chi connectivity index (χ1) is 12.9. The molecule has 0 radical (unpaired) electrons. The molecule has 0 N–H and O–H groups in total. The number of non-ortho nitro benzene ring substituents is 1. The zero-order chi connectivity index (χ0) is 20.0. The van der Waals surface area contributed by atoms with Crippen LogP contribution in [0.5, 0.6) is 0 Å². The number of furan rings is 1. The molecule has 27 heavy (non-hydrogen) atoms. The van der Waals surface area contributed by atoms with Gasteiger partial charge in [0.15, 0.2) is 5.76 Å². The van der Waals surface area contributed by atoms with Crippen molar-refractivity contribution in [2.24, 2.45) is 0 Å². The van der Waals surface area contributed by atoms with Crippen molar-refractivity contribution < 1.29 is 18.9 Å². The summed E-state index contributed by atoms with van der Waals surface area (Å²) in [6.45, 7) is 4.97. The minimum atomic E-state index is -0.518. The summed E-state index contributed by atoms with van der Waals surface area (Å²) in [5, 5.41) is 11.0. The summed E-state index contributed by atoms with van der Waals surface area (Å²) >= 11 is 6.15. The molecule has 7 nitrogen and oxygen atoms in total. The Balaban J connectivity index is 2.29. The molecule has 1 aromatic carbocycles. The van der Waals surface area contributed by atoms with E-state index in [1.165, 1.54) is 18.2 Å². The van der Waals surface area contributed by atoms with Gasteiger partial charge in [0.1, 0.15) is 5.76 Å². The van der Waals surface area contributed by atoms with E-state index in [0.717, 1.165) is 12.8 Å². The van der Waals surface area contributed by atoms with Gasteiger partial charge in [-0.05, 0) is 31.0 Å². The Kier molecular flexibility index (Phi) is 7.38. The lowest BCUT2D eigenvalue weighted by Crippen LogP contribution is -2.41. The van der Waals surface area contributed by atoms with Gasteiger partial charge in [-0.3, -0.25) is 14.9 Å². The minimum Gasteiger partial charge on any atom is -0.451 e. The van der Waals surface area contributed by atoms with E-state index >= 15 is 0 Å². The van der Waals surface area contributed by atoms with E-state index in [1.807, 2.05) is 13.8 Å². The molecule has 0 fully saturated rings. The SMILES string of the molecule is CCC(CC)N(CCOC)C(=O)c1ccc(-c2ccc([N+](=O)[O-])cc2Cl)o1. The highest BCUT2D eigenvalue weighted by Crippen LogP contribution is 2.32. The summed E-state index contributed by atoms with van der Waals surface area (Å²) in [6, 6.07) is 7.44. The topological polar surface area (TPSA) is 85.8 Å². The van der Waals surface area contributed by atoms with Gasteiger partial charge in [0.2, 0.25) is 0 Å². The summed E-state index contributed by atoms with van der Waals surface area (Å²) in [7, 11) is 1.59. The van der Waals surface area contributed by atoms with Crippen molar-refractivity contribution in [3.8, 4) is 11.3 Å². The lowest BCUT2D eigenvalue weighted by molar-refractivity contribution is -0.384. The monoisotopic (exact) mass is 394 g/mol. The zero-order valence-electron chi connectivity index (χ0n) is 15.6. The Morgan fingerprint density at radius 3 is 2.56 bits per heavy atom. The zero-order valence-corrected chi connectivity index (χ0v) is 16.4. The molecule has 8 heteroatoms. The number of nitrogens with zero attached hydrogens (tertiary/aromatic N) is 2. The third-order valence-corrected chi connectivity index (χ3v) is 4.74. The van der Waals surface area contributed by atoms with Crippen LogP contribution in [0.3, 0.4) is 0 Å². The number of hydrogen-bond acceptors (Lipinski definition) is 5. The number of methoxy groups -OCH3 is 1. The summed E-state index contributed by atoms with van der Waals surface area (Å²) < 4.78 is 10.8. The molecule has 0 aliphatic carbocycles. The van der Waals surface area contributed by atoms with Crippen molar-refractivity contribution in [3.05, 3.63) is 51.2 Å². The molecular weight excluding hydrogens is 372 g/mol.